The summed E-state index contributed by atoms with van der Waals surface area (Å²) < 4.78 is 6.73. The lowest BCUT2D eigenvalue weighted by Gasteiger charge is -2.40. The average Bonchev–Trinajstić information content (AvgIpc) is 3.35. The van der Waals surface area contributed by atoms with E-state index in [0.717, 1.165) is 12.8 Å². The Balaban J connectivity index is 2.13. The molecule has 2 unspecified atom stereocenters. The van der Waals surface area contributed by atoms with Crippen molar-refractivity contribution in [2.75, 3.05) is 13.2 Å². The van der Waals surface area contributed by atoms with E-state index in [1.165, 1.54) is 0 Å². The van der Waals surface area contributed by atoms with E-state index in [1.807, 2.05) is 48.5 Å². The van der Waals surface area contributed by atoms with Gasteiger partial charge in [-0.25, -0.2) is 0 Å². The summed E-state index contributed by atoms with van der Waals surface area (Å²) in [5.41, 5.74) is -2.30. The van der Waals surface area contributed by atoms with Gasteiger partial charge in [0, 0.05) is 12.1 Å². The number of nitrogens with zero attached hydrogens (tertiary/aromatic N) is 1. The smallest absolute Gasteiger partial charge is 0.246 e. The van der Waals surface area contributed by atoms with Gasteiger partial charge in [0.1, 0.15) is 11.6 Å². The van der Waals surface area contributed by atoms with Crippen molar-refractivity contribution in [3.63, 3.8) is 0 Å². The van der Waals surface area contributed by atoms with E-state index in [2.05, 4.69) is 10.6 Å². The Kier molecular flexibility index (Phi) is 7.21. The molecule has 3 aliphatic heterocycles. The van der Waals surface area contributed by atoms with Crippen molar-refractivity contribution in [3.05, 3.63) is 0 Å². The van der Waals surface area contributed by atoms with Crippen LogP contribution in [0.3, 0.4) is 0 Å². The van der Waals surface area contributed by atoms with Crippen molar-refractivity contribution in [2.45, 2.75) is 109 Å². The molecule has 3 rings (SSSR count). The van der Waals surface area contributed by atoms with Crippen molar-refractivity contribution in [2.24, 2.45) is 17.8 Å². The van der Waals surface area contributed by atoms with Crippen LogP contribution >= 0.6 is 0 Å². The Morgan fingerprint density at radius 2 is 1.88 bits per heavy atom. The largest absolute Gasteiger partial charge is 0.394 e. The molecule has 0 aromatic rings. The minimum atomic E-state index is -1.06. The summed E-state index contributed by atoms with van der Waals surface area (Å²) in [6, 6.07) is -1.39. The minimum absolute atomic E-state index is 0.0104. The van der Waals surface area contributed by atoms with Crippen molar-refractivity contribution < 1.29 is 24.2 Å². The zero-order chi connectivity index (χ0) is 24.8. The summed E-state index contributed by atoms with van der Waals surface area (Å²) in [4.78, 5) is 42.8. The van der Waals surface area contributed by atoms with Gasteiger partial charge in [0.05, 0.1) is 30.1 Å². The fourth-order valence-corrected chi connectivity index (χ4v) is 6.32. The summed E-state index contributed by atoms with van der Waals surface area (Å²) in [6.45, 7) is 14.0. The van der Waals surface area contributed by atoms with Crippen LogP contribution < -0.4 is 10.6 Å². The van der Waals surface area contributed by atoms with Crippen LogP contribution in [0.5, 0.6) is 0 Å². The number of carbonyl (C=O) groups is 3. The van der Waals surface area contributed by atoms with Crippen molar-refractivity contribution in [1.82, 2.24) is 15.5 Å². The molecule has 188 valence electrons. The maximum absolute atomic E-state index is 14.1. The summed E-state index contributed by atoms with van der Waals surface area (Å²) in [5.74, 6) is -2.06. The predicted molar refractivity (Wildman–Crippen MR) is 125 cm³/mol. The van der Waals surface area contributed by atoms with E-state index < -0.39 is 40.7 Å². The lowest BCUT2D eigenvalue weighted by molar-refractivity contribution is -0.153. The predicted octanol–water partition coefficient (Wildman–Crippen LogP) is 1.99. The Morgan fingerprint density at radius 1 is 1.21 bits per heavy atom. The van der Waals surface area contributed by atoms with Gasteiger partial charge in [-0.15, -0.1) is 0 Å². The molecule has 0 aromatic carbocycles. The first kappa shape index (κ1) is 25.9. The number of ether oxygens (including phenoxy) is 1. The maximum Gasteiger partial charge on any atom is 0.246 e. The average molecular weight is 466 g/mol. The van der Waals surface area contributed by atoms with E-state index in [0.29, 0.717) is 25.8 Å². The second-order valence-electron chi connectivity index (χ2n) is 11.2. The van der Waals surface area contributed by atoms with Gasteiger partial charge in [-0.2, -0.15) is 0 Å². The molecule has 3 N–H and O–H groups in total. The number of carbonyl (C=O) groups excluding carboxylic acids is 3. The highest BCUT2D eigenvalue weighted by Crippen LogP contribution is 2.64. The van der Waals surface area contributed by atoms with E-state index in [1.54, 1.807) is 4.90 Å². The van der Waals surface area contributed by atoms with Crippen LogP contribution in [0.25, 0.3) is 0 Å². The molecule has 0 radical (unpaired) electrons. The number of hydrogen-bond acceptors (Lipinski definition) is 5. The fourth-order valence-electron chi connectivity index (χ4n) is 6.32. The van der Waals surface area contributed by atoms with E-state index >= 15 is 0 Å². The number of amides is 3. The Bertz CT molecular complexity index is 780. The molecule has 2 bridgehead atoms. The summed E-state index contributed by atoms with van der Waals surface area (Å²) in [6.07, 6.45) is 3.33. The Hall–Kier alpha value is -1.67. The first-order valence-electron chi connectivity index (χ1n) is 12.7. The lowest BCUT2D eigenvalue weighted by atomic mass is 9.65. The molecule has 8 nitrogen and oxygen atoms in total. The number of aliphatic hydroxyl groups is 1. The van der Waals surface area contributed by atoms with Gasteiger partial charge in [0.15, 0.2) is 0 Å². The molecule has 1 spiro atoms. The van der Waals surface area contributed by atoms with Gasteiger partial charge >= 0.3 is 0 Å². The maximum atomic E-state index is 14.1. The van der Waals surface area contributed by atoms with E-state index in [4.69, 9.17) is 4.74 Å². The zero-order valence-corrected chi connectivity index (χ0v) is 21.4. The number of rotatable bonds is 9. The van der Waals surface area contributed by atoms with Crippen molar-refractivity contribution in [3.8, 4) is 0 Å². The molecule has 7 atom stereocenters. The second kappa shape index (κ2) is 9.17. The van der Waals surface area contributed by atoms with Crippen LogP contribution in [-0.4, -0.2) is 69.7 Å². The van der Waals surface area contributed by atoms with Gasteiger partial charge in [-0.3, -0.25) is 14.4 Å². The normalized spacial score (nSPS) is 34.8. The molecule has 3 fully saturated rings. The highest BCUT2D eigenvalue weighted by atomic mass is 16.5. The molecular weight excluding hydrogens is 422 g/mol. The van der Waals surface area contributed by atoms with Crippen molar-refractivity contribution >= 4 is 17.7 Å². The van der Waals surface area contributed by atoms with Gasteiger partial charge < -0.3 is 25.4 Å². The summed E-state index contributed by atoms with van der Waals surface area (Å²) >= 11 is 0. The Morgan fingerprint density at radius 3 is 2.39 bits per heavy atom. The van der Waals surface area contributed by atoms with E-state index in [-0.39, 0.29) is 30.2 Å². The topological polar surface area (TPSA) is 108 Å². The molecule has 0 aliphatic carbocycles. The Labute approximate surface area is 198 Å². The quantitative estimate of drug-likeness (QED) is 0.483. The zero-order valence-electron chi connectivity index (χ0n) is 21.4. The third-order valence-corrected chi connectivity index (χ3v) is 8.04. The number of aliphatic hydroxyl groups excluding tert-OH is 1. The molecule has 8 heteroatoms. The molecular formula is C25H43N3O5. The van der Waals surface area contributed by atoms with Crippen LogP contribution in [-0.2, 0) is 19.1 Å². The van der Waals surface area contributed by atoms with Crippen LogP contribution in [0, 0.1) is 17.8 Å². The standard InChI is InChI=1S/C25H43N3O5/c1-8-13-26-20(30)17-18-22(32)28(16(14-29)15(4)9-2)19(21(31)27-23(5,6)7)25(18)12-11-24(17,10-3)33-25/h15-19,29H,8-14H2,1-7H3,(H,26,30)(H,27,31)/t15-,16-,17-,18-,19?,24+,25?/m0/s1. The molecule has 3 amide bonds. The summed E-state index contributed by atoms with van der Waals surface area (Å²) in [7, 11) is 0. The SMILES string of the molecule is CCCNC(=O)[C@@H]1[C@H]2C(=O)N([C@@H](CO)[C@@H](C)CC)C(C(=O)NC(C)(C)C)C23CC[C@@]1(CC)O3. The molecule has 3 heterocycles. The van der Waals surface area contributed by atoms with Crippen LogP contribution in [0.15, 0.2) is 0 Å². The third kappa shape index (κ3) is 4.07. The number of fused-ring (bicyclic) bond motifs is 1. The number of likely N-dealkylation sites (tertiary alicyclic amines) is 1. The van der Waals surface area contributed by atoms with Crippen LogP contribution in [0.4, 0.5) is 0 Å². The minimum Gasteiger partial charge on any atom is -0.394 e. The van der Waals surface area contributed by atoms with Gasteiger partial charge in [-0.1, -0.05) is 34.1 Å². The van der Waals surface area contributed by atoms with Gasteiger partial charge in [0.25, 0.3) is 0 Å². The first-order valence-corrected chi connectivity index (χ1v) is 12.7. The van der Waals surface area contributed by atoms with Gasteiger partial charge in [-0.05, 0) is 52.4 Å². The monoisotopic (exact) mass is 465 g/mol. The fraction of sp³-hybridized carbons (Fsp3) is 0.880. The molecule has 0 aromatic heterocycles. The highest BCUT2D eigenvalue weighted by molar-refractivity contribution is 5.99. The van der Waals surface area contributed by atoms with Crippen LogP contribution in [0.1, 0.15) is 80.6 Å². The first-order chi connectivity index (χ1) is 15.4. The van der Waals surface area contributed by atoms with Gasteiger partial charge in [0.2, 0.25) is 17.7 Å². The van der Waals surface area contributed by atoms with E-state index in [9.17, 15) is 19.5 Å². The lowest BCUT2D eigenvalue weighted by Crippen LogP contribution is -2.61. The molecule has 33 heavy (non-hydrogen) atoms. The van der Waals surface area contributed by atoms with Crippen LogP contribution in [0.2, 0.25) is 0 Å². The molecule has 0 saturated carbocycles. The number of nitrogens with one attached hydrogen (secondary N) is 2. The van der Waals surface area contributed by atoms with Crippen molar-refractivity contribution in [1.29, 1.82) is 0 Å². The summed E-state index contributed by atoms with van der Waals surface area (Å²) in [5, 5.41) is 16.3. The second-order valence-corrected chi connectivity index (χ2v) is 11.2. The highest BCUT2D eigenvalue weighted by Gasteiger charge is 2.79. The molecule has 3 aliphatic rings. The number of hydrogen-bond donors (Lipinski definition) is 3. The molecule has 3 saturated heterocycles. The third-order valence-electron chi connectivity index (χ3n) is 8.04.